The third-order valence-electron chi connectivity index (χ3n) is 3.08. The highest BCUT2D eigenvalue weighted by Crippen LogP contribution is 2.17. The number of para-hydroxylation sites is 1. The van der Waals surface area contributed by atoms with Crippen LogP contribution in [0.25, 0.3) is 0 Å². The number of carbonyl (C=O) groups is 2. The molecule has 0 aromatic heterocycles. The van der Waals surface area contributed by atoms with E-state index in [1.807, 2.05) is 18.2 Å². The number of amides is 2. The van der Waals surface area contributed by atoms with Crippen molar-refractivity contribution in [1.82, 2.24) is 5.32 Å². The van der Waals surface area contributed by atoms with Gasteiger partial charge in [-0.3, -0.25) is 9.59 Å². The summed E-state index contributed by atoms with van der Waals surface area (Å²) in [5, 5.41) is 5.54. The average molecular weight is 298 g/mol. The number of rotatable bonds is 5. The highest BCUT2D eigenvalue weighted by atomic mass is 16.5. The van der Waals surface area contributed by atoms with Crippen molar-refractivity contribution in [2.45, 2.75) is 13.5 Å². The first-order chi connectivity index (χ1) is 10.6. The smallest absolute Gasteiger partial charge is 0.255 e. The molecule has 0 bridgehead atoms. The number of ether oxygens (including phenoxy) is 1. The lowest BCUT2D eigenvalue weighted by Gasteiger charge is -2.09. The van der Waals surface area contributed by atoms with Gasteiger partial charge in [0, 0.05) is 19.2 Å². The van der Waals surface area contributed by atoms with Crippen molar-refractivity contribution in [2.75, 3.05) is 12.4 Å². The molecule has 2 amide bonds. The minimum atomic E-state index is -0.191. The van der Waals surface area contributed by atoms with E-state index < -0.39 is 0 Å². The van der Waals surface area contributed by atoms with E-state index in [1.54, 1.807) is 30.3 Å². The molecule has 0 unspecified atom stereocenters. The summed E-state index contributed by atoms with van der Waals surface area (Å²) in [6.45, 7) is 1.86. The van der Waals surface area contributed by atoms with Crippen LogP contribution in [0.4, 0.5) is 5.69 Å². The molecule has 114 valence electrons. The number of hydrogen-bond donors (Lipinski definition) is 2. The standard InChI is InChI=1S/C17H18N2O3/c1-12(20)19-14-9-7-13(8-10-14)11-18-17(21)15-5-3-4-6-16(15)22-2/h3-10H,11H2,1-2H3,(H,18,21)(H,19,20). The third-order valence-corrected chi connectivity index (χ3v) is 3.08. The van der Waals surface area contributed by atoms with Crippen LogP contribution in [-0.4, -0.2) is 18.9 Å². The lowest BCUT2D eigenvalue weighted by molar-refractivity contribution is -0.114. The van der Waals surface area contributed by atoms with Crippen molar-refractivity contribution in [3.8, 4) is 5.75 Å². The quantitative estimate of drug-likeness (QED) is 0.891. The predicted molar refractivity (Wildman–Crippen MR) is 84.9 cm³/mol. The van der Waals surface area contributed by atoms with E-state index in [1.165, 1.54) is 14.0 Å². The molecular weight excluding hydrogens is 280 g/mol. The Balaban J connectivity index is 1.97. The van der Waals surface area contributed by atoms with Gasteiger partial charge in [-0.2, -0.15) is 0 Å². The Hall–Kier alpha value is -2.82. The molecule has 2 aromatic carbocycles. The minimum absolute atomic E-state index is 0.114. The van der Waals surface area contributed by atoms with Crippen molar-refractivity contribution in [2.24, 2.45) is 0 Å². The topological polar surface area (TPSA) is 67.4 Å². The van der Waals surface area contributed by atoms with Crippen LogP contribution in [0.5, 0.6) is 5.75 Å². The van der Waals surface area contributed by atoms with Gasteiger partial charge in [0.2, 0.25) is 5.91 Å². The number of nitrogens with one attached hydrogen (secondary N) is 2. The zero-order chi connectivity index (χ0) is 15.9. The maximum Gasteiger partial charge on any atom is 0.255 e. The van der Waals surface area contributed by atoms with Crippen molar-refractivity contribution >= 4 is 17.5 Å². The number of methoxy groups -OCH3 is 1. The van der Waals surface area contributed by atoms with Gasteiger partial charge in [0.15, 0.2) is 0 Å². The fraction of sp³-hybridized carbons (Fsp3) is 0.176. The van der Waals surface area contributed by atoms with Crippen molar-refractivity contribution in [3.63, 3.8) is 0 Å². The van der Waals surface area contributed by atoms with Crippen LogP contribution < -0.4 is 15.4 Å². The molecule has 0 aliphatic rings. The Morgan fingerprint density at radius 3 is 2.36 bits per heavy atom. The Morgan fingerprint density at radius 1 is 1.05 bits per heavy atom. The van der Waals surface area contributed by atoms with Crippen LogP contribution in [0.2, 0.25) is 0 Å². The second-order valence-corrected chi connectivity index (χ2v) is 4.76. The molecular formula is C17H18N2O3. The first kappa shape index (κ1) is 15.6. The van der Waals surface area contributed by atoms with Crippen LogP contribution in [0, 0.1) is 0 Å². The first-order valence-electron chi connectivity index (χ1n) is 6.88. The second-order valence-electron chi connectivity index (χ2n) is 4.76. The van der Waals surface area contributed by atoms with Crippen molar-refractivity contribution in [1.29, 1.82) is 0 Å². The largest absolute Gasteiger partial charge is 0.496 e. The van der Waals surface area contributed by atoms with E-state index in [0.29, 0.717) is 17.9 Å². The molecule has 0 fully saturated rings. The number of anilines is 1. The Bertz CT molecular complexity index is 666. The Labute approximate surface area is 129 Å². The van der Waals surface area contributed by atoms with E-state index in [2.05, 4.69) is 10.6 Å². The maximum absolute atomic E-state index is 12.2. The van der Waals surface area contributed by atoms with Crippen molar-refractivity contribution in [3.05, 3.63) is 59.7 Å². The summed E-state index contributed by atoms with van der Waals surface area (Å²) in [5.74, 6) is 0.238. The van der Waals surface area contributed by atoms with Crippen LogP contribution in [0.15, 0.2) is 48.5 Å². The summed E-state index contributed by atoms with van der Waals surface area (Å²) >= 11 is 0. The van der Waals surface area contributed by atoms with E-state index in [9.17, 15) is 9.59 Å². The molecule has 0 aliphatic carbocycles. The molecule has 22 heavy (non-hydrogen) atoms. The van der Waals surface area contributed by atoms with E-state index >= 15 is 0 Å². The normalized spacial score (nSPS) is 9.91. The monoisotopic (exact) mass is 298 g/mol. The van der Waals surface area contributed by atoms with Crippen molar-refractivity contribution < 1.29 is 14.3 Å². The molecule has 0 aliphatic heterocycles. The molecule has 2 rings (SSSR count). The minimum Gasteiger partial charge on any atom is -0.496 e. The highest BCUT2D eigenvalue weighted by molar-refractivity contribution is 5.96. The van der Waals surface area contributed by atoms with Crippen LogP contribution in [-0.2, 0) is 11.3 Å². The summed E-state index contributed by atoms with van der Waals surface area (Å²) in [5.41, 5.74) is 2.17. The Morgan fingerprint density at radius 2 is 1.73 bits per heavy atom. The molecule has 0 radical (unpaired) electrons. The Kier molecular flexibility index (Phi) is 5.14. The summed E-state index contributed by atoms with van der Waals surface area (Å²) < 4.78 is 5.17. The van der Waals surface area contributed by atoms with Gasteiger partial charge < -0.3 is 15.4 Å². The highest BCUT2D eigenvalue weighted by Gasteiger charge is 2.10. The van der Waals surface area contributed by atoms with E-state index in [0.717, 1.165) is 11.3 Å². The van der Waals surface area contributed by atoms with Gasteiger partial charge in [-0.25, -0.2) is 0 Å². The molecule has 5 heteroatoms. The number of benzene rings is 2. The molecule has 5 nitrogen and oxygen atoms in total. The van der Waals surface area contributed by atoms with Gasteiger partial charge in [-0.1, -0.05) is 24.3 Å². The van der Waals surface area contributed by atoms with Gasteiger partial charge in [0.05, 0.1) is 12.7 Å². The van der Waals surface area contributed by atoms with Crippen LogP contribution in [0.3, 0.4) is 0 Å². The summed E-state index contributed by atoms with van der Waals surface area (Å²) in [6.07, 6.45) is 0. The zero-order valence-electron chi connectivity index (χ0n) is 12.6. The fourth-order valence-electron chi connectivity index (χ4n) is 2.02. The van der Waals surface area contributed by atoms with E-state index in [4.69, 9.17) is 4.74 Å². The number of hydrogen-bond acceptors (Lipinski definition) is 3. The van der Waals surface area contributed by atoms with Crippen LogP contribution >= 0.6 is 0 Å². The average Bonchev–Trinajstić information content (AvgIpc) is 2.53. The lowest BCUT2D eigenvalue weighted by atomic mass is 10.1. The number of carbonyl (C=O) groups excluding carboxylic acids is 2. The molecule has 0 heterocycles. The van der Waals surface area contributed by atoms with Gasteiger partial charge >= 0.3 is 0 Å². The molecule has 0 atom stereocenters. The summed E-state index contributed by atoms with van der Waals surface area (Å²) in [6, 6.07) is 14.4. The van der Waals surface area contributed by atoms with Crippen LogP contribution in [0.1, 0.15) is 22.8 Å². The molecule has 2 aromatic rings. The second kappa shape index (κ2) is 7.26. The molecule has 0 saturated heterocycles. The first-order valence-corrected chi connectivity index (χ1v) is 6.88. The SMILES string of the molecule is COc1ccccc1C(=O)NCc1ccc(NC(C)=O)cc1. The maximum atomic E-state index is 12.2. The third kappa shape index (κ3) is 4.09. The van der Waals surface area contributed by atoms with Gasteiger partial charge in [0.1, 0.15) is 5.75 Å². The zero-order valence-corrected chi connectivity index (χ0v) is 12.6. The summed E-state index contributed by atoms with van der Waals surface area (Å²) in [7, 11) is 1.53. The van der Waals surface area contributed by atoms with Gasteiger partial charge in [-0.15, -0.1) is 0 Å². The van der Waals surface area contributed by atoms with Gasteiger partial charge in [-0.05, 0) is 29.8 Å². The molecule has 0 saturated carbocycles. The fourth-order valence-corrected chi connectivity index (χ4v) is 2.02. The summed E-state index contributed by atoms with van der Waals surface area (Å²) in [4.78, 5) is 23.1. The lowest BCUT2D eigenvalue weighted by Crippen LogP contribution is -2.23. The van der Waals surface area contributed by atoms with E-state index in [-0.39, 0.29) is 11.8 Å². The molecule has 0 spiro atoms. The van der Waals surface area contributed by atoms with Gasteiger partial charge in [0.25, 0.3) is 5.91 Å². The molecule has 2 N–H and O–H groups in total. The predicted octanol–water partition coefficient (Wildman–Crippen LogP) is 2.58.